The second-order valence-electron chi connectivity index (χ2n) is 2.94. The topological polar surface area (TPSA) is 31.9 Å². The number of hydrogen-bond acceptors (Lipinski definition) is 2. The summed E-state index contributed by atoms with van der Waals surface area (Å²) in [5.41, 5.74) is 2.35. The van der Waals surface area contributed by atoms with Crippen molar-refractivity contribution >= 4 is 0 Å². The molecular formula is C9H17N3. The van der Waals surface area contributed by atoms with Crippen molar-refractivity contribution in [3.63, 3.8) is 0 Å². The van der Waals surface area contributed by atoms with Crippen molar-refractivity contribution in [2.24, 2.45) is 0 Å². The van der Waals surface area contributed by atoms with E-state index >= 15 is 0 Å². The minimum Gasteiger partial charge on any atom is -0.348 e. The molecule has 1 N–H and O–H groups in total. The van der Waals surface area contributed by atoms with Crippen LogP contribution in [-0.2, 0) is 6.54 Å². The van der Waals surface area contributed by atoms with E-state index in [4.69, 9.17) is 0 Å². The van der Waals surface area contributed by atoms with Crippen molar-refractivity contribution in [1.29, 1.82) is 0 Å². The minimum atomic E-state index is 0.961. The van der Waals surface area contributed by atoms with Crippen LogP contribution in [0, 0.1) is 6.92 Å². The molecule has 0 amide bonds. The first-order valence-electron chi connectivity index (χ1n) is 4.49. The van der Waals surface area contributed by atoms with Gasteiger partial charge in [-0.05, 0) is 20.0 Å². The lowest BCUT2D eigenvalue weighted by Crippen LogP contribution is -2.22. The molecule has 1 aromatic heterocycles. The Balaban J connectivity index is 2.56. The van der Waals surface area contributed by atoms with Crippen LogP contribution >= 0.6 is 0 Å². The van der Waals surface area contributed by atoms with Crippen molar-refractivity contribution in [3.8, 4) is 0 Å². The highest BCUT2D eigenvalue weighted by atomic mass is 15.1. The third-order valence-electron chi connectivity index (χ3n) is 2.20. The van der Waals surface area contributed by atoms with Crippen LogP contribution in [0.3, 0.4) is 0 Å². The molecule has 0 aliphatic carbocycles. The minimum absolute atomic E-state index is 0.961. The predicted octanol–water partition coefficient (Wildman–Crippen LogP) is 1.56. The number of rotatable bonds is 4. The van der Waals surface area contributed by atoms with E-state index in [-0.39, 0.29) is 0 Å². The summed E-state index contributed by atoms with van der Waals surface area (Å²) in [4.78, 5) is 9.69. The Morgan fingerprint density at radius 1 is 1.42 bits per heavy atom. The summed E-state index contributed by atoms with van der Waals surface area (Å²) < 4.78 is 0. The molecule has 68 valence electrons. The summed E-state index contributed by atoms with van der Waals surface area (Å²) in [6.45, 7) is 9.54. The molecule has 0 aromatic carbocycles. The normalized spacial score (nSPS) is 11.0. The second kappa shape index (κ2) is 4.26. The van der Waals surface area contributed by atoms with Gasteiger partial charge in [0.2, 0.25) is 0 Å². The zero-order valence-electron chi connectivity index (χ0n) is 8.09. The van der Waals surface area contributed by atoms with Crippen LogP contribution < -0.4 is 0 Å². The molecule has 3 heteroatoms. The molecular weight excluding hydrogens is 150 g/mol. The van der Waals surface area contributed by atoms with Crippen molar-refractivity contribution in [3.05, 3.63) is 17.7 Å². The highest BCUT2D eigenvalue weighted by Gasteiger charge is 2.04. The lowest BCUT2D eigenvalue weighted by molar-refractivity contribution is 0.292. The Labute approximate surface area is 73.8 Å². The standard InChI is InChI=1S/C9H17N3/c1-4-12(5-2)6-9-8(3)10-7-11-9/h7H,4-6H2,1-3H3,(H,10,11). The summed E-state index contributed by atoms with van der Waals surface area (Å²) in [7, 11) is 0. The Morgan fingerprint density at radius 3 is 2.50 bits per heavy atom. The monoisotopic (exact) mass is 167 g/mol. The summed E-state index contributed by atoms with van der Waals surface area (Å²) in [5.74, 6) is 0. The van der Waals surface area contributed by atoms with Gasteiger partial charge in [0.15, 0.2) is 0 Å². The second-order valence-corrected chi connectivity index (χ2v) is 2.94. The van der Waals surface area contributed by atoms with Gasteiger partial charge in [0.05, 0.1) is 12.0 Å². The number of imidazole rings is 1. The molecule has 0 atom stereocenters. The zero-order chi connectivity index (χ0) is 8.97. The van der Waals surface area contributed by atoms with E-state index in [0.717, 1.165) is 19.6 Å². The molecule has 1 rings (SSSR count). The Kier molecular flexibility index (Phi) is 3.29. The summed E-state index contributed by atoms with van der Waals surface area (Å²) in [6.07, 6.45) is 1.76. The van der Waals surface area contributed by atoms with Gasteiger partial charge in [0.25, 0.3) is 0 Å². The highest BCUT2D eigenvalue weighted by Crippen LogP contribution is 2.04. The van der Waals surface area contributed by atoms with E-state index in [1.807, 2.05) is 0 Å². The Morgan fingerprint density at radius 2 is 2.08 bits per heavy atom. The highest BCUT2D eigenvalue weighted by molar-refractivity contribution is 5.08. The molecule has 0 aliphatic heterocycles. The molecule has 0 bridgehead atoms. The van der Waals surface area contributed by atoms with Crippen LogP contribution in [0.15, 0.2) is 6.33 Å². The van der Waals surface area contributed by atoms with Crippen LogP contribution in [0.4, 0.5) is 0 Å². The van der Waals surface area contributed by atoms with E-state index < -0.39 is 0 Å². The Bertz CT molecular complexity index is 225. The Hall–Kier alpha value is -0.830. The van der Waals surface area contributed by atoms with Gasteiger partial charge in [0, 0.05) is 12.2 Å². The largest absolute Gasteiger partial charge is 0.348 e. The first-order chi connectivity index (χ1) is 5.77. The number of H-pyrrole nitrogens is 1. The molecule has 1 heterocycles. The first-order valence-corrected chi connectivity index (χ1v) is 4.49. The fraction of sp³-hybridized carbons (Fsp3) is 0.667. The van der Waals surface area contributed by atoms with Gasteiger partial charge in [-0.1, -0.05) is 13.8 Å². The van der Waals surface area contributed by atoms with Crippen molar-refractivity contribution in [2.75, 3.05) is 13.1 Å². The third kappa shape index (κ3) is 2.08. The van der Waals surface area contributed by atoms with Gasteiger partial charge in [0.1, 0.15) is 0 Å². The van der Waals surface area contributed by atoms with E-state index in [2.05, 4.69) is 35.6 Å². The average molecular weight is 167 g/mol. The number of aryl methyl sites for hydroxylation is 1. The third-order valence-corrected chi connectivity index (χ3v) is 2.20. The van der Waals surface area contributed by atoms with E-state index in [1.165, 1.54) is 11.4 Å². The maximum absolute atomic E-state index is 4.25. The van der Waals surface area contributed by atoms with Gasteiger partial charge in [-0.15, -0.1) is 0 Å². The van der Waals surface area contributed by atoms with Crippen molar-refractivity contribution < 1.29 is 0 Å². The summed E-state index contributed by atoms with van der Waals surface area (Å²) >= 11 is 0. The molecule has 0 aliphatic rings. The summed E-state index contributed by atoms with van der Waals surface area (Å²) in [5, 5.41) is 0. The quantitative estimate of drug-likeness (QED) is 0.738. The van der Waals surface area contributed by atoms with E-state index in [0.29, 0.717) is 0 Å². The molecule has 0 saturated heterocycles. The van der Waals surface area contributed by atoms with Crippen LogP contribution in [0.2, 0.25) is 0 Å². The molecule has 0 unspecified atom stereocenters. The van der Waals surface area contributed by atoms with Gasteiger partial charge in [-0.25, -0.2) is 4.98 Å². The number of aromatic nitrogens is 2. The molecule has 0 fully saturated rings. The van der Waals surface area contributed by atoms with Gasteiger partial charge in [-0.2, -0.15) is 0 Å². The van der Waals surface area contributed by atoms with E-state index in [1.54, 1.807) is 6.33 Å². The number of aromatic amines is 1. The lowest BCUT2D eigenvalue weighted by atomic mass is 10.3. The number of nitrogens with one attached hydrogen (secondary N) is 1. The molecule has 1 aromatic rings. The van der Waals surface area contributed by atoms with Gasteiger partial charge < -0.3 is 4.98 Å². The average Bonchev–Trinajstić information content (AvgIpc) is 2.47. The number of nitrogens with zero attached hydrogens (tertiary/aromatic N) is 2. The SMILES string of the molecule is CCN(CC)Cc1nc[nH]c1C. The fourth-order valence-electron chi connectivity index (χ4n) is 1.21. The fourth-order valence-corrected chi connectivity index (χ4v) is 1.21. The molecule has 0 saturated carbocycles. The maximum Gasteiger partial charge on any atom is 0.0925 e. The molecule has 12 heavy (non-hydrogen) atoms. The van der Waals surface area contributed by atoms with Crippen LogP contribution in [0.25, 0.3) is 0 Å². The number of hydrogen-bond donors (Lipinski definition) is 1. The van der Waals surface area contributed by atoms with Crippen molar-refractivity contribution in [1.82, 2.24) is 14.9 Å². The lowest BCUT2D eigenvalue weighted by Gasteiger charge is -2.16. The predicted molar refractivity (Wildman–Crippen MR) is 49.9 cm³/mol. The van der Waals surface area contributed by atoms with Crippen LogP contribution in [0.5, 0.6) is 0 Å². The van der Waals surface area contributed by atoms with E-state index in [9.17, 15) is 0 Å². The van der Waals surface area contributed by atoms with Gasteiger partial charge >= 0.3 is 0 Å². The summed E-state index contributed by atoms with van der Waals surface area (Å²) in [6, 6.07) is 0. The molecule has 0 spiro atoms. The molecule has 3 nitrogen and oxygen atoms in total. The molecule has 0 radical (unpaired) electrons. The van der Waals surface area contributed by atoms with Crippen molar-refractivity contribution in [2.45, 2.75) is 27.3 Å². The van der Waals surface area contributed by atoms with Gasteiger partial charge in [-0.3, -0.25) is 4.90 Å². The first kappa shape index (κ1) is 9.26. The van der Waals surface area contributed by atoms with Crippen LogP contribution in [0.1, 0.15) is 25.2 Å². The van der Waals surface area contributed by atoms with Crippen LogP contribution in [-0.4, -0.2) is 28.0 Å². The zero-order valence-corrected chi connectivity index (χ0v) is 8.09. The maximum atomic E-state index is 4.25. The smallest absolute Gasteiger partial charge is 0.0925 e.